The summed E-state index contributed by atoms with van der Waals surface area (Å²) in [5.74, 6) is -2.85. The van der Waals surface area contributed by atoms with E-state index in [2.05, 4.69) is 4.74 Å². The lowest BCUT2D eigenvalue weighted by Crippen LogP contribution is -2.36. The number of halogens is 2. The van der Waals surface area contributed by atoms with Crippen LogP contribution in [0.5, 0.6) is 0 Å². The fraction of sp³-hybridized carbons (Fsp3) is 0.0909. The lowest BCUT2D eigenvalue weighted by Gasteiger charge is -2.10. The Morgan fingerprint density at radius 2 is 1.62 bits per heavy atom. The molecule has 0 unspecified atom stereocenters. The molecule has 0 saturated heterocycles. The van der Waals surface area contributed by atoms with Crippen molar-refractivity contribution in [3.05, 3.63) is 89.0 Å². The highest BCUT2D eigenvalue weighted by Gasteiger charge is 2.24. The molecule has 0 bridgehead atoms. The zero-order valence-corrected chi connectivity index (χ0v) is 17.9. The molecule has 3 N–H and O–H groups in total. The zero-order chi connectivity index (χ0) is 23.8. The molecule has 0 aliphatic rings. The van der Waals surface area contributed by atoms with E-state index in [9.17, 15) is 18.4 Å². The van der Waals surface area contributed by atoms with Crippen molar-refractivity contribution in [2.75, 3.05) is 7.11 Å². The number of carboxylic acid groups (broad SMARTS) is 1. The molecule has 0 spiro atoms. The van der Waals surface area contributed by atoms with E-state index < -0.39 is 30.7 Å². The third kappa shape index (κ3) is 6.65. The Morgan fingerprint density at radius 3 is 2.19 bits per heavy atom. The van der Waals surface area contributed by atoms with Crippen LogP contribution in [0.2, 0.25) is 0 Å². The number of aromatic carboxylic acids is 1. The minimum atomic E-state index is -1.91. The molecule has 0 aliphatic heterocycles. The fourth-order valence-corrected chi connectivity index (χ4v) is 3.71. The van der Waals surface area contributed by atoms with Crippen LogP contribution < -0.4 is 5.46 Å². The van der Waals surface area contributed by atoms with Crippen LogP contribution in [0, 0.1) is 18.6 Å². The molecule has 32 heavy (non-hydrogen) atoms. The summed E-state index contributed by atoms with van der Waals surface area (Å²) in [5.41, 5.74) is 0.193. The molecule has 0 saturated carbocycles. The van der Waals surface area contributed by atoms with Crippen LogP contribution in [0.4, 0.5) is 8.78 Å². The van der Waals surface area contributed by atoms with Crippen molar-refractivity contribution in [1.82, 2.24) is 0 Å². The minimum absolute atomic E-state index is 0.0195. The average molecular weight is 460 g/mol. The van der Waals surface area contributed by atoms with E-state index in [4.69, 9.17) is 15.2 Å². The quantitative estimate of drug-likeness (QED) is 0.397. The van der Waals surface area contributed by atoms with Gasteiger partial charge in [0.1, 0.15) is 11.6 Å². The van der Waals surface area contributed by atoms with E-state index in [0.717, 1.165) is 23.1 Å². The number of esters is 1. The van der Waals surface area contributed by atoms with E-state index in [1.165, 1.54) is 37.9 Å². The molecule has 0 fully saturated rings. The van der Waals surface area contributed by atoms with Crippen LogP contribution in [-0.4, -0.2) is 41.3 Å². The third-order valence-electron chi connectivity index (χ3n) is 4.14. The molecule has 3 aromatic carbocycles. The highest BCUT2D eigenvalue weighted by molar-refractivity contribution is 7.99. The van der Waals surface area contributed by atoms with E-state index in [0.29, 0.717) is 10.5 Å². The van der Waals surface area contributed by atoms with Crippen molar-refractivity contribution in [2.45, 2.75) is 16.7 Å². The molecule has 0 atom stereocenters. The van der Waals surface area contributed by atoms with E-state index in [-0.39, 0.29) is 16.6 Å². The molecule has 0 radical (unpaired) electrons. The summed E-state index contributed by atoms with van der Waals surface area (Å²) in [6, 6.07) is 14.9. The number of aryl methyl sites for hydroxylation is 1. The molecule has 10 heteroatoms. The topological polar surface area (TPSA) is 104 Å². The van der Waals surface area contributed by atoms with Gasteiger partial charge in [0.2, 0.25) is 0 Å². The smallest absolute Gasteiger partial charge is 0.478 e. The largest absolute Gasteiger partial charge is 0.489 e. The van der Waals surface area contributed by atoms with Gasteiger partial charge in [-0.3, -0.25) is 0 Å². The van der Waals surface area contributed by atoms with Crippen LogP contribution >= 0.6 is 11.8 Å². The molecule has 6 nitrogen and oxygen atoms in total. The van der Waals surface area contributed by atoms with Gasteiger partial charge in [-0.15, -0.1) is 0 Å². The zero-order valence-electron chi connectivity index (χ0n) is 17.1. The lowest BCUT2D eigenvalue weighted by atomic mass is 9.75. The van der Waals surface area contributed by atoms with Gasteiger partial charge in [0.15, 0.2) is 0 Å². The van der Waals surface area contributed by atoms with Crippen molar-refractivity contribution < 1.29 is 38.3 Å². The second-order valence-corrected chi connectivity index (χ2v) is 7.53. The molecule has 0 aliphatic carbocycles. The first-order valence-corrected chi connectivity index (χ1v) is 9.96. The fourth-order valence-electron chi connectivity index (χ4n) is 2.73. The monoisotopic (exact) mass is 460 g/mol. The first-order valence-electron chi connectivity index (χ1n) is 9.14. The number of ether oxygens (including phenoxy) is 1. The second kappa shape index (κ2) is 11.4. The van der Waals surface area contributed by atoms with Crippen molar-refractivity contribution in [1.29, 1.82) is 0 Å². The van der Waals surface area contributed by atoms with Crippen LogP contribution in [0.25, 0.3) is 0 Å². The van der Waals surface area contributed by atoms with Crippen molar-refractivity contribution >= 4 is 36.3 Å². The SMILES string of the molecule is COC(=O)c1c(C)cc(F)cc1B(O)O.O=C(O)c1ccc(F)cc1Sc1ccccc1. The van der Waals surface area contributed by atoms with Gasteiger partial charge in [0.25, 0.3) is 0 Å². The second-order valence-electron chi connectivity index (χ2n) is 6.41. The first-order chi connectivity index (χ1) is 15.1. The lowest BCUT2D eigenvalue weighted by molar-refractivity contribution is 0.0600. The molecule has 3 rings (SSSR count). The molecule has 0 aromatic heterocycles. The number of carbonyl (C=O) groups is 2. The van der Waals surface area contributed by atoms with Gasteiger partial charge in [0, 0.05) is 9.79 Å². The Morgan fingerprint density at radius 1 is 0.969 bits per heavy atom. The van der Waals surface area contributed by atoms with Gasteiger partial charge in [-0.1, -0.05) is 30.0 Å². The van der Waals surface area contributed by atoms with Gasteiger partial charge >= 0.3 is 19.1 Å². The van der Waals surface area contributed by atoms with Crippen molar-refractivity contribution in [3.63, 3.8) is 0 Å². The van der Waals surface area contributed by atoms with E-state index >= 15 is 0 Å². The molecule has 0 amide bonds. The average Bonchev–Trinajstić information content (AvgIpc) is 2.73. The summed E-state index contributed by atoms with van der Waals surface area (Å²) >= 11 is 1.24. The summed E-state index contributed by atoms with van der Waals surface area (Å²) in [4.78, 5) is 23.6. The first kappa shape index (κ1) is 25.1. The third-order valence-corrected chi connectivity index (χ3v) is 5.21. The van der Waals surface area contributed by atoms with Gasteiger partial charge in [-0.05, 0) is 60.4 Å². The van der Waals surface area contributed by atoms with Gasteiger partial charge in [0.05, 0.1) is 18.2 Å². The molecular weight excluding hydrogens is 441 g/mol. The van der Waals surface area contributed by atoms with Crippen LogP contribution in [0.15, 0.2) is 70.5 Å². The number of carboxylic acids is 1. The van der Waals surface area contributed by atoms with Crippen LogP contribution in [0.1, 0.15) is 26.3 Å². The minimum Gasteiger partial charge on any atom is -0.478 e. The highest BCUT2D eigenvalue weighted by Crippen LogP contribution is 2.30. The molecular formula is C22H19BF2O6S. The maximum Gasteiger partial charge on any atom is 0.489 e. The van der Waals surface area contributed by atoms with Gasteiger partial charge in [-0.2, -0.15) is 0 Å². The molecule has 166 valence electrons. The van der Waals surface area contributed by atoms with Crippen molar-refractivity contribution in [3.8, 4) is 0 Å². The number of hydrogen-bond donors (Lipinski definition) is 3. The predicted octanol–water partition coefficient (Wildman–Crippen LogP) is 3.28. The van der Waals surface area contributed by atoms with Crippen LogP contribution in [0.3, 0.4) is 0 Å². The number of hydrogen-bond acceptors (Lipinski definition) is 6. The Labute approximate surface area is 187 Å². The Hall–Kier alpha value is -3.21. The number of carbonyl (C=O) groups excluding carboxylic acids is 1. The maximum absolute atomic E-state index is 13.1. The summed E-state index contributed by atoms with van der Waals surface area (Å²) in [7, 11) is -0.743. The maximum atomic E-state index is 13.1. The summed E-state index contributed by atoms with van der Waals surface area (Å²) in [6.45, 7) is 1.49. The molecule has 3 aromatic rings. The summed E-state index contributed by atoms with van der Waals surface area (Å²) < 4.78 is 30.5. The van der Waals surface area contributed by atoms with Gasteiger partial charge in [-0.25, -0.2) is 18.4 Å². The summed E-state index contributed by atoms with van der Waals surface area (Å²) in [5, 5.41) is 27.0. The Balaban J connectivity index is 0.000000229. The highest BCUT2D eigenvalue weighted by atomic mass is 32.2. The predicted molar refractivity (Wildman–Crippen MR) is 116 cm³/mol. The van der Waals surface area contributed by atoms with Crippen molar-refractivity contribution in [2.24, 2.45) is 0 Å². The van der Waals surface area contributed by atoms with Crippen LogP contribution in [-0.2, 0) is 4.74 Å². The number of methoxy groups -OCH3 is 1. The Bertz CT molecular complexity index is 1110. The summed E-state index contributed by atoms with van der Waals surface area (Å²) in [6.07, 6.45) is 0. The van der Waals surface area contributed by atoms with E-state index in [1.54, 1.807) is 0 Å². The molecule has 0 heterocycles. The standard InChI is InChI=1S/C13H9FO2S.C9H10BFO4/c14-9-6-7-11(13(15)16)12(8-9)17-10-4-2-1-3-5-10;1-5-3-6(11)4-7(10(13)14)8(5)9(12)15-2/h1-8H,(H,15,16);3-4,13-14H,1-2H3. The number of rotatable bonds is 5. The normalized spacial score (nSPS) is 10.1. The Kier molecular flexibility index (Phi) is 8.95. The van der Waals surface area contributed by atoms with Gasteiger partial charge < -0.3 is 19.9 Å². The number of benzene rings is 3. The van der Waals surface area contributed by atoms with E-state index in [1.807, 2.05) is 30.3 Å².